The van der Waals surface area contributed by atoms with Gasteiger partial charge in [0.25, 0.3) is 0 Å². The predicted octanol–water partition coefficient (Wildman–Crippen LogP) is 3.16. The Bertz CT molecular complexity index is 165. The van der Waals surface area contributed by atoms with Gasteiger partial charge < -0.3 is 4.74 Å². The quantitative estimate of drug-likeness (QED) is 0.658. The van der Waals surface area contributed by atoms with Crippen LogP contribution < -0.4 is 0 Å². The van der Waals surface area contributed by atoms with Gasteiger partial charge in [-0.3, -0.25) is 4.99 Å². The van der Waals surface area contributed by atoms with E-state index in [4.69, 9.17) is 4.74 Å². The van der Waals surface area contributed by atoms with Crippen molar-refractivity contribution in [1.82, 2.24) is 0 Å². The van der Waals surface area contributed by atoms with Crippen molar-refractivity contribution in [2.75, 3.05) is 7.11 Å². The number of hydrogen-bond donors (Lipinski definition) is 0. The Kier molecular flexibility index (Phi) is 4.87. The minimum absolute atomic E-state index is 0.539. The highest BCUT2D eigenvalue weighted by Crippen LogP contribution is 2.18. The monoisotopic (exact) mass is 183 g/mol. The molecule has 0 amide bonds. The highest BCUT2D eigenvalue weighted by molar-refractivity contribution is 5.76. The second kappa shape index (κ2) is 6.01. The summed E-state index contributed by atoms with van der Waals surface area (Å²) in [5, 5.41) is 0. The highest BCUT2D eigenvalue weighted by atomic mass is 16.5. The topological polar surface area (TPSA) is 21.6 Å². The summed E-state index contributed by atoms with van der Waals surface area (Å²) in [6.07, 6.45) is 8.66. The summed E-state index contributed by atoms with van der Waals surface area (Å²) in [5.74, 6) is 0.971. The molecule has 0 aliphatic carbocycles. The average Bonchev–Trinajstić information content (AvgIpc) is 2.39. The first kappa shape index (κ1) is 10.6. The van der Waals surface area contributed by atoms with E-state index in [0.717, 1.165) is 12.3 Å². The lowest BCUT2D eigenvalue weighted by molar-refractivity contribution is 0.385. The Balaban J connectivity index is 2.41. The van der Waals surface area contributed by atoms with E-state index < -0.39 is 0 Å². The molecule has 13 heavy (non-hydrogen) atoms. The molecule has 1 aliphatic rings. The van der Waals surface area contributed by atoms with Crippen LogP contribution >= 0.6 is 0 Å². The van der Waals surface area contributed by atoms with Crippen molar-refractivity contribution in [1.29, 1.82) is 0 Å². The first-order valence-electron chi connectivity index (χ1n) is 5.47. The van der Waals surface area contributed by atoms with Gasteiger partial charge >= 0.3 is 0 Å². The van der Waals surface area contributed by atoms with Crippen LogP contribution in [-0.2, 0) is 4.74 Å². The molecule has 0 spiro atoms. The van der Waals surface area contributed by atoms with Crippen molar-refractivity contribution in [3.63, 3.8) is 0 Å². The van der Waals surface area contributed by atoms with Crippen LogP contribution in [0.2, 0.25) is 0 Å². The molecule has 0 saturated heterocycles. The van der Waals surface area contributed by atoms with Crippen molar-refractivity contribution in [2.45, 2.75) is 57.9 Å². The van der Waals surface area contributed by atoms with Gasteiger partial charge in [-0.25, -0.2) is 0 Å². The lowest BCUT2D eigenvalue weighted by Crippen LogP contribution is -2.07. The van der Waals surface area contributed by atoms with Crippen LogP contribution in [-0.4, -0.2) is 19.0 Å². The van der Waals surface area contributed by atoms with Gasteiger partial charge in [0.1, 0.15) is 0 Å². The molecule has 76 valence electrons. The fraction of sp³-hybridized carbons (Fsp3) is 0.909. The maximum atomic E-state index is 5.23. The Labute approximate surface area is 81.4 Å². The molecule has 0 aromatic heterocycles. The van der Waals surface area contributed by atoms with Crippen LogP contribution in [0.1, 0.15) is 51.9 Å². The number of aliphatic imine (C=N–C) groups is 1. The van der Waals surface area contributed by atoms with Crippen molar-refractivity contribution < 1.29 is 4.74 Å². The smallest absolute Gasteiger partial charge is 0.183 e. The molecular formula is C11H21NO. The van der Waals surface area contributed by atoms with Crippen molar-refractivity contribution in [2.24, 2.45) is 4.99 Å². The third-order valence-corrected chi connectivity index (χ3v) is 2.63. The lowest BCUT2D eigenvalue weighted by atomic mass is 10.1. The molecule has 1 heterocycles. The first-order valence-corrected chi connectivity index (χ1v) is 5.47. The summed E-state index contributed by atoms with van der Waals surface area (Å²) in [6.45, 7) is 2.23. The lowest BCUT2D eigenvalue weighted by Gasteiger charge is -2.09. The molecule has 1 unspecified atom stereocenters. The number of ether oxygens (including phenoxy) is 1. The molecule has 0 aromatic carbocycles. The van der Waals surface area contributed by atoms with Crippen molar-refractivity contribution in [3.05, 3.63) is 0 Å². The first-order chi connectivity index (χ1) is 6.36. The summed E-state index contributed by atoms with van der Waals surface area (Å²) in [6, 6.07) is 0.539. The van der Waals surface area contributed by atoms with Crippen LogP contribution in [0.5, 0.6) is 0 Å². The Morgan fingerprint density at radius 1 is 1.46 bits per heavy atom. The van der Waals surface area contributed by atoms with E-state index in [1.54, 1.807) is 7.11 Å². The molecule has 0 bridgehead atoms. The second-order valence-electron chi connectivity index (χ2n) is 3.77. The van der Waals surface area contributed by atoms with Gasteiger partial charge in [0, 0.05) is 6.42 Å². The van der Waals surface area contributed by atoms with Crippen molar-refractivity contribution >= 4 is 5.90 Å². The maximum Gasteiger partial charge on any atom is 0.183 e. The third kappa shape index (κ3) is 3.79. The molecule has 0 fully saturated rings. The zero-order chi connectivity index (χ0) is 9.52. The standard InChI is InChI=1S/C11H21NO/c1-3-4-7-10-8-5-6-9-11(12-10)13-2/h10H,3-9H2,1-2H3. The van der Waals surface area contributed by atoms with E-state index in [9.17, 15) is 0 Å². The molecule has 1 aliphatic heterocycles. The zero-order valence-corrected chi connectivity index (χ0v) is 8.88. The average molecular weight is 183 g/mol. The van der Waals surface area contributed by atoms with Gasteiger partial charge in [-0.1, -0.05) is 26.2 Å². The number of nitrogens with zero attached hydrogens (tertiary/aromatic N) is 1. The Hall–Kier alpha value is -0.530. The van der Waals surface area contributed by atoms with Gasteiger partial charge in [0.15, 0.2) is 5.90 Å². The molecule has 0 N–H and O–H groups in total. The van der Waals surface area contributed by atoms with Gasteiger partial charge in [-0.15, -0.1) is 0 Å². The van der Waals surface area contributed by atoms with E-state index >= 15 is 0 Å². The van der Waals surface area contributed by atoms with Crippen LogP contribution in [0.3, 0.4) is 0 Å². The largest absolute Gasteiger partial charge is 0.484 e. The van der Waals surface area contributed by atoms with Gasteiger partial charge in [0.2, 0.25) is 0 Å². The Morgan fingerprint density at radius 3 is 3.00 bits per heavy atom. The number of methoxy groups -OCH3 is 1. The zero-order valence-electron chi connectivity index (χ0n) is 8.88. The summed E-state index contributed by atoms with van der Waals surface area (Å²) in [7, 11) is 1.74. The second-order valence-corrected chi connectivity index (χ2v) is 3.77. The molecule has 0 radical (unpaired) electrons. The van der Waals surface area contributed by atoms with Crippen LogP contribution in [0, 0.1) is 0 Å². The van der Waals surface area contributed by atoms with Crippen molar-refractivity contribution in [3.8, 4) is 0 Å². The number of unbranched alkanes of at least 4 members (excludes halogenated alkanes) is 1. The number of hydrogen-bond acceptors (Lipinski definition) is 2. The normalized spacial score (nSPS) is 23.5. The van der Waals surface area contributed by atoms with Gasteiger partial charge in [0.05, 0.1) is 13.2 Å². The van der Waals surface area contributed by atoms with Gasteiger partial charge in [-0.2, -0.15) is 0 Å². The molecular weight excluding hydrogens is 162 g/mol. The molecule has 1 atom stereocenters. The molecule has 2 nitrogen and oxygen atoms in total. The van der Waals surface area contributed by atoms with Gasteiger partial charge in [-0.05, 0) is 19.3 Å². The highest BCUT2D eigenvalue weighted by Gasteiger charge is 2.12. The maximum absolute atomic E-state index is 5.23. The molecule has 0 aromatic rings. The predicted molar refractivity (Wildman–Crippen MR) is 56.2 cm³/mol. The number of rotatable bonds is 3. The van der Waals surface area contributed by atoms with E-state index in [0.29, 0.717) is 6.04 Å². The third-order valence-electron chi connectivity index (χ3n) is 2.63. The fourth-order valence-corrected chi connectivity index (χ4v) is 1.79. The summed E-state index contributed by atoms with van der Waals surface area (Å²) >= 11 is 0. The minimum atomic E-state index is 0.539. The fourth-order valence-electron chi connectivity index (χ4n) is 1.79. The molecule has 0 saturated carbocycles. The van der Waals surface area contributed by atoms with E-state index in [-0.39, 0.29) is 0 Å². The van der Waals surface area contributed by atoms with Crippen LogP contribution in [0.15, 0.2) is 4.99 Å². The summed E-state index contributed by atoms with van der Waals surface area (Å²) in [5.41, 5.74) is 0. The van der Waals surface area contributed by atoms with Crippen LogP contribution in [0.4, 0.5) is 0 Å². The SMILES string of the molecule is CCCCC1CCCCC(OC)=N1. The Morgan fingerprint density at radius 2 is 2.31 bits per heavy atom. The molecule has 2 heteroatoms. The van der Waals surface area contributed by atoms with E-state index in [1.165, 1.54) is 38.5 Å². The van der Waals surface area contributed by atoms with E-state index in [1.807, 2.05) is 0 Å². The van der Waals surface area contributed by atoms with E-state index in [2.05, 4.69) is 11.9 Å². The van der Waals surface area contributed by atoms with Crippen LogP contribution in [0.25, 0.3) is 0 Å². The summed E-state index contributed by atoms with van der Waals surface area (Å²) in [4.78, 5) is 4.63. The summed E-state index contributed by atoms with van der Waals surface area (Å²) < 4.78 is 5.23. The minimum Gasteiger partial charge on any atom is -0.484 e. The molecule has 1 rings (SSSR count).